The molecule has 1 amide bonds. The molecule has 0 aliphatic carbocycles. The summed E-state index contributed by atoms with van der Waals surface area (Å²) in [4.78, 5) is 26.6. The van der Waals surface area contributed by atoms with Crippen molar-refractivity contribution in [3.05, 3.63) is 97.2 Å². The lowest BCUT2D eigenvalue weighted by Crippen LogP contribution is -2.61. The topological polar surface area (TPSA) is 175 Å². The van der Waals surface area contributed by atoms with Gasteiger partial charge in [-0.05, 0) is 77.0 Å². The number of carbonyl (C=O) groups is 2. The predicted octanol–water partition coefficient (Wildman–Crippen LogP) is 15.5. The Bertz CT molecular complexity index is 1650. The van der Waals surface area contributed by atoms with Crippen LogP contribution in [-0.2, 0) is 23.8 Å². The number of hydrogen-bond acceptors (Lipinski definition) is 10. The Morgan fingerprint density at radius 3 is 1.49 bits per heavy atom. The molecule has 0 radical (unpaired) electrons. The number of aliphatic hydroxyl groups is 5. The third kappa shape index (κ3) is 43.0. The Kier molecular flexibility index (Phi) is 51.4. The van der Waals surface area contributed by atoms with Crippen LogP contribution in [0.4, 0.5) is 0 Å². The van der Waals surface area contributed by atoms with E-state index < -0.39 is 67.4 Å². The van der Waals surface area contributed by atoms with E-state index >= 15 is 0 Å². The highest BCUT2D eigenvalue weighted by Crippen LogP contribution is 2.26. The summed E-state index contributed by atoms with van der Waals surface area (Å²) in [7, 11) is 0. The molecule has 8 unspecified atom stereocenters. The normalized spacial score (nSPS) is 19.5. The van der Waals surface area contributed by atoms with Crippen LogP contribution in [0, 0.1) is 0 Å². The fraction of sp³-hybridized carbons (Fsp3) is 0.735. The highest BCUT2D eigenvalue weighted by molar-refractivity contribution is 5.80. The lowest BCUT2D eigenvalue weighted by Gasteiger charge is -2.41. The molecule has 454 valence electrons. The molecule has 79 heavy (non-hydrogen) atoms. The number of aliphatic hydroxyl groups excluding tert-OH is 5. The van der Waals surface area contributed by atoms with Crippen LogP contribution in [0.25, 0.3) is 0 Å². The average Bonchev–Trinajstić information content (AvgIpc) is 3.50. The van der Waals surface area contributed by atoms with E-state index in [9.17, 15) is 35.1 Å². The van der Waals surface area contributed by atoms with Crippen LogP contribution >= 0.6 is 0 Å². The van der Waals surface area contributed by atoms with Gasteiger partial charge in [-0.15, -0.1) is 0 Å². The largest absolute Gasteiger partial charge is 0.454 e. The van der Waals surface area contributed by atoms with Crippen molar-refractivity contribution in [2.75, 3.05) is 13.2 Å². The first-order valence-electron chi connectivity index (χ1n) is 32.1. The van der Waals surface area contributed by atoms with E-state index in [2.05, 4.69) is 62.5 Å². The number of unbranched alkanes of at least 4 members (excludes halogenated alkanes) is 29. The summed E-state index contributed by atoms with van der Waals surface area (Å²) in [6, 6.07) is -1.04. The molecule has 0 saturated carbocycles. The third-order valence-electron chi connectivity index (χ3n) is 14.6. The second kappa shape index (κ2) is 55.1. The van der Waals surface area contributed by atoms with Gasteiger partial charge in [-0.1, -0.05) is 272 Å². The van der Waals surface area contributed by atoms with Gasteiger partial charge in [0.15, 0.2) is 12.4 Å². The van der Waals surface area contributed by atoms with E-state index in [1.165, 1.54) is 141 Å². The van der Waals surface area contributed by atoms with Gasteiger partial charge in [0.1, 0.15) is 24.4 Å². The average molecular weight is 1110 g/mol. The molecule has 0 bridgehead atoms. The highest BCUT2D eigenvalue weighted by Gasteiger charge is 2.47. The number of esters is 1. The number of allylic oxidation sites excluding steroid dienone is 15. The van der Waals surface area contributed by atoms with E-state index in [4.69, 9.17) is 14.2 Å². The van der Waals surface area contributed by atoms with Crippen LogP contribution in [0.15, 0.2) is 97.2 Å². The summed E-state index contributed by atoms with van der Waals surface area (Å²) < 4.78 is 17.6. The molecule has 8 atom stereocenters. The smallest absolute Gasteiger partial charge is 0.306 e. The molecule has 1 saturated heterocycles. The monoisotopic (exact) mass is 1110 g/mol. The van der Waals surface area contributed by atoms with Crippen LogP contribution < -0.4 is 5.32 Å². The molecular weight excluding hydrogens is 991 g/mol. The van der Waals surface area contributed by atoms with Crippen LogP contribution in [0.1, 0.15) is 258 Å². The molecule has 0 aromatic heterocycles. The first kappa shape index (κ1) is 73.6. The number of ether oxygens (including phenoxy) is 3. The summed E-state index contributed by atoms with van der Waals surface area (Å²) in [6.45, 7) is 5.60. The van der Waals surface area contributed by atoms with Crippen molar-refractivity contribution >= 4 is 11.9 Å². The summed E-state index contributed by atoms with van der Waals surface area (Å²) in [5.41, 5.74) is 0. The molecule has 1 rings (SSSR count). The van der Waals surface area contributed by atoms with Crippen LogP contribution in [0.5, 0.6) is 0 Å². The minimum Gasteiger partial charge on any atom is -0.454 e. The number of rotatable bonds is 53. The van der Waals surface area contributed by atoms with Crippen molar-refractivity contribution in [1.29, 1.82) is 0 Å². The van der Waals surface area contributed by atoms with E-state index in [0.29, 0.717) is 12.8 Å². The van der Waals surface area contributed by atoms with Gasteiger partial charge in [-0.3, -0.25) is 9.59 Å². The van der Waals surface area contributed by atoms with Crippen LogP contribution in [0.2, 0.25) is 0 Å². The number of nitrogens with one attached hydrogen (secondary N) is 1. The summed E-state index contributed by atoms with van der Waals surface area (Å²) in [5.74, 6) is -1.24. The van der Waals surface area contributed by atoms with Gasteiger partial charge >= 0.3 is 5.97 Å². The van der Waals surface area contributed by atoms with Crippen molar-refractivity contribution in [3.63, 3.8) is 0 Å². The summed E-state index contributed by atoms with van der Waals surface area (Å²) in [6.07, 6.45) is 63.0. The number of carbonyl (C=O) groups excluding carboxylic acids is 2. The lowest BCUT2D eigenvalue weighted by molar-refractivity contribution is -0.305. The fourth-order valence-electron chi connectivity index (χ4n) is 9.53. The van der Waals surface area contributed by atoms with E-state index in [1.54, 1.807) is 6.08 Å². The van der Waals surface area contributed by atoms with Crippen molar-refractivity contribution < 1.29 is 49.3 Å². The first-order valence-corrected chi connectivity index (χ1v) is 32.1. The first-order chi connectivity index (χ1) is 38.7. The van der Waals surface area contributed by atoms with Crippen LogP contribution in [-0.4, -0.2) is 99.6 Å². The van der Waals surface area contributed by atoms with Gasteiger partial charge in [0, 0.05) is 6.42 Å². The van der Waals surface area contributed by atoms with E-state index in [-0.39, 0.29) is 19.4 Å². The minimum atomic E-state index is -1.64. The van der Waals surface area contributed by atoms with Crippen molar-refractivity contribution in [3.8, 4) is 0 Å². The Labute approximate surface area is 482 Å². The maximum absolute atomic E-state index is 13.5. The quantitative estimate of drug-likeness (QED) is 0.0149. The molecule has 0 spiro atoms. The predicted molar refractivity (Wildman–Crippen MR) is 329 cm³/mol. The van der Waals surface area contributed by atoms with E-state index in [0.717, 1.165) is 70.6 Å². The number of amides is 1. The Morgan fingerprint density at radius 2 is 0.962 bits per heavy atom. The highest BCUT2D eigenvalue weighted by atomic mass is 16.7. The summed E-state index contributed by atoms with van der Waals surface area (Å²) >= 11 is 0. The molecule has 1 aliphatic heterocycles. The molecule has 0 aromatic carbocycles. The zero-order valence-corrected chi connectivity index (χ0v) is 50.2. The maximum Gasteiger partial charge on any atom is 0.306 e. The molecule has 1 fully saturated rings. The second-order valence-corrected chi connectivity index (χ2v) is 21.9. The van der Waals surface area contributed by atoms with Gasteiger partial charge in [0.05, 0.1) is 25.4 Å². The Hall–Kier alpha value is -3.42. The SMILES string of the molecule is CC/C=C/C=C/C=C\C=C/C=C/CCCCCC(=O)OC1C(OCC(NC(=O)C(O)CCCCCCCCCCCCCC/C=C\C/C=C\CCCCC)C(O)/C=C/CCCCCCCCCCCCC)OC(CO)C(O)C1O. The second-order valence-electron chi connectivity index (χ2n) is 21.9. The Morgan fingerprint density at radius 1 is 0.519 bits per heavy atom. The molecule has 1 aliphatic rings. The molecule has 0 aromatic rings. The molecule has 11 nitrogen and oxygen atoms in total. The molecular formula is C68H117NO10. The fourth-order valence-corrected chi connectivity index (χ4v) is 9.53. The van der Waals surface area contributed by atoms with Gasteiger partial charge in [0.25, 0.3) is 0 Å². The number of hydrogen-bond donors (Lipinski definition) is 6. The minimum absolute atomic E-state index is 0.0705. The Balaban J connectivity index is 2.68. The molecule has 1 heterocycles. The lowest BCUT2D eigenvalue weighted by atomic mass is 9.99. The zero-order chi connectivity index (χ0) is 57.5. The van der Waals surface area contributed by atoms with Crippen molar-refractivity contribution in [2.24, 2.45) is 0 Å². The summed E-state index contributed by atoms with van der Waals surface area (Å²) in [5, 5.41) is 57.0. The van der Waals surface area contributed by atoms with E-state index in [1.807, 2.05) is 54.7 Å². The van der Waals surface area contributed by atoms with Crippen molar-refractivity contribution in [2.45, 2.75) is 307 Å². The maximum atomic E-state index is 13.5. The van der Waals surface area contributed by atoms with Crippen LogP contribution in [0.3, 0.4) is 0 Å². The van der Waals surface area contributed by atoms with Crippen molar-refractivity contribution in [1.82, 2.24) is 5.32 Å². The molecule has 6 N–H and O–H groups in total. The van der Waals surface area contributed by atoms with Gasteiger partial charge in [0.2, 0.25) is 5.91 Å². The van der Waals surface area contributed by atoms with Gasteiger partial charge < -0.3 is 45.1 Å². The van der Waals surface area contributed by atoms with Gasteiger partial charge in [-0.2, -0.15) is 0 Å². The third-order valence-corrected chi connectivity index (χ3v) is 14.6. The van der Waals surface area contributed by atoms with Gasteiger partial charge in [-0.25, -0.2) is 0 Å². The molecule has 11 heteroatoms. The zero-order valence-electron chi connectivity index (χ0n) is 50.2. The standard InChI is InChI=1S/C68H117NO10/c1-4-7-10-13-16-19-22-25-27-28-29-30-31-32-33-35-37-40-43-46-49-52-55-61(72)67(76)69-59(60(71)54-51-48-45-42-39-36-24-21-18-15-12-9-6-3)58-77-68-66(65(75)64(74)62(57-70)78-68)79-63(73)56-53-50-47-44-41-38-34-26-23-20-17-14-11-8-5-2/h8,11,14,16-17,19-20,23,25-27,34,38,41,51,54,59-62,64-66,68,70-72,74-75H,4-7,9-10,12-13,15,18,21-22,24,28-33,35-37,39-40,42-50,52-53,55-58H2,1-3H3,(H,69,76)/b11-8+,17-14+,19-16-,23-20-,27-25-,34-26-,41-38+,54-51+.